The van der Waals surface area contributed by atoms with Crippen molar-refractivity contribution in [3.63, 3.8) is 0 Å². The average Bonchev–Trinajstić information content (AvgIpc) is 2.72. The van der Waals surface area contributed by atoms with E-state index in [-0.39, 0.29) is 17.8 Å². The summed E-state index contributed by atoms with van der Waals surface area (Å²) in [5.74, 6) is 1.31. The largest absolute Gasteiger partial charge is 0.450 e. The number of aliphatic imine (C=N–C) groups is 1. The molecule has 1 amide bonds. The molecule has 2 rings (SSSR count). The van der Waals surface area contributed by atoms with Gasteiger partial charge in [0.25, 0.3) is 5.69 Å². The normalized spacial score (nSPS) is 15.2. The third kappa shape index (κ3) is 7.88. The number of carbonyl (C=O) groups excluding carboxylic acids is 1. The topological polar surface area (TPSA) is 109 Å². The third-order valence-electron chi connectivity index (χ3n) is 4.94. The lowest BCUT2D eigenvalue weighted by Crippen LogP contribution is -2.50. The van der Waals surface area contributed by atoms with Crippen molar-refractivity contribution in [2.45, 2.75) is 52.6 Å². The van der Waals surface area contributed by atoms with Crippen molar-refractivity contribution in [2.75, 3.05) is 26.2 Å². The van der Waals surface area contributed by atoms with Crippen LogP contribution in [0.25, 0.3) is 0 Å². The van der Waals surface area contributed by atoms with Crippen LogP contribution < -0.4 is 10.6 Å². The minimum absolute atomic E-state index is 0.0736. The number of nitro groups is 1. The van der Waals surface area contributed by atoms with E-state index in [1.54, 1.807) is 17.0 Å². The first-order valence-corrected chi connectivity index (χ1v) is 10.6. The molecule has 30 heavy (non-hydrogen) atoms. The van der Waals surface area contributed by atoms with Crippen molar-refractivity contribution >= 4 is 17.7 Å². The van der Waals surface area contributed by atoms with Crippen LogP contribution in [0.5, 0.6) is 0 Å². The molecule has 9 heteroatoms. The molecule has 166 valence electrons. The number of piperidine rings is 1. The summed E-state index contributed by atoms with van der Waals surface area (Å²) < 4.78 is 5.07. The van der Waals surface area contributed by atoms with Crippen LogP contribution in [-0.2, 0) is 11.3 Å². The summed E-state index contributed by atoms with van der Waals surface area (Å²) in [5.41, 5.74) is 0.979. The molecule has 0 unspecified atom stereocenters. The highest BCUT2D eigenvalue weighted by molar-refractivity contribution is 5.80. The van der Waals surface area contributed by atoms with Gasteiger partial charge in [0, 0.05) is 37.8 Å². The van der Waals surface area contributed by atoms with E-state index >= 15 is 0 Å². The molecule has 1 aliphatic heterocycles. The van der Waals surface area contributed by atoms with E-state index in [1.807, 2.05) is 6.92 Å². The molecule has 0 aliphatic carbocycles. The predicted molar refractivity (Wildman–Crippen MR) is 116 cm³/mol. The highest BCUT2D eigenvalue weighted by Crippen LogP contribution is 2.14. The molecule has 0 bridgehead atoms. The minimum Gasteiger partial charge on any atom is -0.450 e. The summed E-state index contributed by atoms with van der Waals surface area (Å²) in [6, 6.07) is 6.67. The maximum absolute atomic E-state index is 11.9. The number of guanidine groups is 1. The molecule has 1 saturated heterocycles. The van der Waals surface area contributed by atoms with Gasteiger partial charge >= 0.3 is 6.09 Å². The molecule has 9 nitrogen and oxygen atoms in total. The molecule has 0 aromatic heterocycles. The lowest BCUT2D eigenvalue weighted by molar-refractivity contribution is -0.384. The zero-order chi connectivity index (χ0) is 21.9. The first-order valence-electron chi connectivity index (χ1n) is 10.6. The van der Waals surface area contributed by atoms with E-state index < -0.39 is 4.92 Å². The average molecular weight is 420 g/mol. The maximum Gasteiger partial charge on any atom is 0.409 e. The number of carbonyl (C=O) groups is 1. The van der Waals surface area contributed by atoms with Crippen molar-refractivity contribution in [3.05, 3.63) is 39.9 Å². The number of likely N-dealkylation sites (tertiary alicyclic amines) is 1. The number of benzene rings is 1. The molecule has 0 radical (unpaired) electrons. The molecular weight excluding hydrogens is 386 g/mol. The zero-order valence-corrected chi connectivity index (χ0v) is 18.1. The first kappa shape index (κ1) is 23.4. The Hall–Kier alpha value is -2.84. The van der Waals surface area contributed by atoms with Gasteiger partial charge in [0.05, 0.1) is 18.1 Å². The lowest BCUT2D eigenvalue weighted by Gasteiger charge is -2.32. The van der Waals surface area contributed by atoms with E-state index in [9.17, 15) is 14.9 Å². The van der Waals surface area contributed by atoms with Crippen molar-refractivity contribution < 1.29 is 14.5 Å². The molecule has 1 aliphatic rings. The second kappa shape index (κ2) is 12.0. The zero-order valence-electron chi connectivity index (χ0n) is 18.1. The predicted octanol–water partition coefficient (Wildman–Crippen LogP) is 3.30. The molecule has 2 N–H and O–H groups in total. The van der Waals surface area contributed by atoms with Gasteiger partial charge in [0.2, 0.25) is 0 Å². The highest BCUT2D eigenvalue weighted by Gasteiger charge is 2.24. The molecule has 1 aromatic rings. The Balaban J connectivity index is 1.94. The van der Waals surface area contributed by atoms with Crippen LogP contribution in [0.3, 0.4) is 0 Å². The van der Waals surface area contributed by atoms with E-state index in [4.69, 9.17) is 4.74 Å². The van der Waals surface area contributed by atoms with Crippen molar-refractivity contribution in [1.29, 1.82) is 0 Å². The summed E-state index contributed by atoms with van der Waals surface area (Å²) in [5, 5.41) is 17.7. The number of ether oxygens (including phenoxy) is 1. The lowest BCUT2D eigenvalue weighted by atomic mass is 10.1. The Labute approximate surface area is 178 Å². The second-order valence-corrected chi connectivity index (χ2v) is 7.80. The SMILES string of the molecule is CCOC(=O)N1CCC(NC(=NCc2ccc([N+](=O)[O-])cc2)NCCC(C)C)CC1. The molecule has 0 spiro atoms. The Kier molecular flexibility index (Phi) is 9.37. The smallest absolute Gasteiger partial charge is 0.409 e. The Morgan fingerprint density at radius 1 is 1.30 bits per heavy atom. The van der Waals surface area contributed by atoms with Crippen LogP contribution in [-0.4, -0.2) is 54.2 Å². The number of rotatable bonds is 8. The van der Waals surface area contributed by atoms with Gasteiger partial charge < -0.3 is 20.3 Å². The number of nitro benzene ring substituents is 1. The summed E-state index contributed by atoms with van der Waals surface area (Å²) >= 11 is 0. The van der Waals surface area contributed by atoms with Crippen LogP contribution in [0.1, 0.15) is 45.6 Å². The van der Waals surface area contributed by atoms with E-state index in [0.29, 0.717) is 32.2 Å². The Morgan fingerprint density at radius 3 is 2.53 bits per heavy atom. The molecule has 1 aromatic carbocycles. The van der Waals surface area contributed by atoms with Gasteiger partial charge in [-0.15, -0.1) is 0 Å². The van der Waals surface area contributed by atoms with E-state index in [0.717, 1.165) is 37.3 Å². The van der Waals surface area contributed by atoms with Crippen LogP contribution in [0.2, 0.25) is 0 Å². The van der Waals surface area contributed by atoms with Gasteiger partial charge in [-0.2, -0.15) is 0 Å². The molecule has 0 atom stereocenters. The van der Waals surface area contributed by atoms with Gasteiger partial charge in [-0.05, 0) is 37.7 Å². The summed E-state index contributed by atoms with van der Waals surface area (Å²) in [6.45, 7) is 9.08. The Bertz CT molecular complexity index is 713. The minimum atomic E-state index is -0.407. The molecule has 0 saturated carbocycles. The van der Waals surface area contributed by atoms with Gasteiger partial charge in [-0.25, -0.2) is 9.79 Å². The number of nitrogens with zero attached hydrogens (tertiary/aromatic N) is 3. The fraction of sp³-hybridized carbons (Fsp3) is 0.619. The van der Waals surface area contributed by atoms with Gasteiger partial charge in [-0.1, -0.05) is 26.0 Å². The number of hydrogen-bond acceptors (Lipinski definition) is 5. The molecular formula is C21H33N5O4. The van der Waals surface area contributed by atoms with Crippen molar-refractivity contribution in [3.8, 4) is 0 Å². The Morgan fingerprint density at radius 2 is 1.97 bits per heavy atom. The maximum atomic E-state index is 11.9. The summed E-state index contributed by atoms with van der Waals surface area (Å²) in [7, 11) is 0. The van der Waals surface area contributed by atoms with E-state index in [2.05, 4.69) is 29.5 Å². The fourth-order valence-electron chi connectivity index (χ4n) is 3.14. The van der Waals surface area contributed by atoms with Gasteiger partial charge in [-0.3, -0.25) is 10.1 Å². The van der Waals surface area contributed by atoms with Crippen LogP contribution >= 0.6 is 0 Å². The van der Waals surface area contributed by atoms with Gasteiger partial charge in [0.15, 0.2) is 5.96 Å². The standard InChI is InChI=1S/C21H33N5O4/c1-4-30-21(27)25-13-10-18(11-14-25)24-20(22-12-9-16(2)3)23-15-17-5-7-19(8-6-17)26(28)29/h5-8,16,18H,4,9-15H2,1-3H3,(H2,22,23,24). The quantitative estimate of drug-likeness (QED) is 0.290. The van der Waals surface area contributed by atoms with Crippen LogP contribution in [0.15, 0.2) is 29.3 Å². The van der Waals surface area contributed by atoms with Crippen molar-refractivity contribution in [2.24, 2.45) is 10.9 Å². The highest BCUT2D eigenvalue weighted by atomic mass is 16.6. The summed E-state index contributed by atoms with van der Waals surface area (Å²) in [4.78, 5) is 28.7. The first-order chi connectivity index (χ1) is 14.4. The number of amides is 1. The molecule has 1 heterocycles. The van der Waals surface area contributed by atoms with Crippen LogP contribution in [0.4, 0.5) is 10.5 Å². The van der Waals surface area contributed by atoms with E-state index in [1.165, 1.54) is 12.1 Å². The molecule has 1 fully saturated rings. The monoisotopic (exact) mass is 419 g/mol. The third-order valence-corrected chi connectivity index (χ3v) is 4.94. The number of nitrogens with one attached hydrogen (secondary N) is 2. The second-order valence-electron chi connectivity index (χ2n) is 7.80. The number of non-ortho nitro benzene ring substituents is 1. The van der Waals surface area contributed by atoms with Gasteiger partial charge in [0.1, 0.15) is 0 Å². The summed E-state index contributed by atoms with van der Waals surface area (Å²) in [6.07, 6.45) is 2.42. The van der Waals surface area contributed by atoms with Crippen LogP contribution in [0, 0.1) is 16.0 Å². The number of hydrogen-bond donors (Lipinski definition) is 2. The fourth-order valence-corrected chi connectivity index (χ4v) is 3.14. The van der Waals surface area contributed by atoms with Crippen molar-refractivity contribution in [1.82, 2.24) is 15.5 Å².